The van der Waals surface area contributed by atoms with Crippen LogP contribution in [0.5, 0.6) is 0 Å². The molecule has 0 aliphatic heterocycles. The number of hydrogen-bond donors (Lipinski definition) is 2. The van der Waals surface area contributed by atoms with Crippen LogP contribution in [-0.2, 0) is 13.6 Å². The van der Waals surface area contributed by atoms with Crippen molar-refractivity contribution in [2.75, 3.05) is 5.32 Å². The number of aromatic nitrogens is 2. The molecule has 3 N–H and O–H groups in total. The van der Waals surface area contributed by atoms with Crippen LogP contribution in [0.2, 0.25) is 0 Å². The zero-order chi connectivity index (χ0) is 15.2. The number of aliphatic imine (C=N–C) groups is 1. The number of benzene rings is 1. The predicted molar refractivity (Wildman–Crippen MR) is 87.3 cm³/mol. The molecular formula is C16H23N5. The summed E-state index contributed by atoms with van der Waals surface area (Å²) in [5.41, 5.74) is 8.19. The van der Waals surface area contributed by atoms with Crippen molar-refractivity contribution in [2.45, 2.75) is 32.7 Å². The van der Waals surface area contributed by atoms with Crippen LogP contribution in [0.25, 0.3) is 0 Å². The summed E-state index contributed by atoms with van der Waals surface area (Å²) in [5.74, 6) is 1.86. The van der Waals surface area contributed by atoms with Gasteiger partial charge in [-0.2, -0.15) is 0 Å². The first-order valence-corrected chi connectivity index (χ1v) is 7.23. The van der Waals surface area contributed by atoms with E-state index in [4.69, 9.17) is 5.73 Å². The summed E-state index contributed by atoms with van der Waals surface area (Å²) < 4.78 is 1.93. The summed E-state index contributed by atoms with van der Waals surface area (Å²) >= 11 is 0. The highest BCUT2D eigenvalue weighted by Gasteiger charge is 2.03. The first kappa shape index (κ1) is 15.1. The standard InChI is InChI=1S/C16H23N5/c1-4-12(2)13-5-7-14(8-6-13)20-16(17)19-11-15-18-9-10-21(15)3/h5-10,12H,4,11H2,1-3H3,(H3,17,19,20). The van der Waals surface area contributed by atoms with Crippen LogP contribution >= 0.6 is 0 Å². The molecule has 1 aromatic carbocycles. The Morgan fingerprint density at radius 1 is 1.38 bits per heavy atom. The van der Waals surface area contributed by atoms with Gasteiger partial charge in [0, 0.05) is 25.1 Å². The number of imidazole rings is 1. The lowest BCUT2D eigenvalue weighted by molar-refractivity contribution is 0.734. The first-order valence-electron chi connectivity index (χ1n) is 7.23. The van der Waals surface area contributed by atoms with Crippen molar-refractivity contribution >= 4 is 11.6 Å². The quantitative estimate of drug-likeness (QED) is 0.655. The van der Waals surface area contributed by atoms with Crippen molar-refractivity contribution in [3.8, 4) is 0 Å². The minimum absolute atomic E-state index is 0.397. The number of nitrogens with one attached hydrogen (secondary N) is 1. The largest absolute Gasteiger partial charge is 0.370 e. The normalized spacial score (nSPS) is 13.2. The molecule has 1 unspecified atom stereocenters. The molecule has 0 spiro atoms. The molecule has 1 atom stereocenters. The zero-order valence-corrected chi connectivity index (χ0v) is 12.9. The van der Waals surface area contributed by atoms with Crippen molar-refractivity contribution in [1.29, 1.82) is 0 Å². The van der Waals surface area contributed by atoms with Crippen LogP contribution in [0.3, 0.4) is 0 Å². The number of nitrogens with zero attached hydrogens (tertiary/aromatic N) is 3. The fourth-order valence-electron chi connectivity index (χ4n) is 2.02. The number of hydrogen-bond acceptors (Lipinski definition) is 2. The minimum Gasteiger partial charge on any atom is -0.370 e. The molecule has 2 rings (SSSR count). The summed E-state index contributed by atoms with van der Waals surface area (Å²) in [4.78, 5) is 8.50. The predicted octanol–water partition coefficient (Wildman–Crippen LogP) is 2.86. The molecule has 0 radical (unpaired) electrons. The highest BCUT2D eigenvalue weighted by Crippen LogP contribution is 2.20. The van der Waals surface area contributed by atoms with Gasteiger partial charge >= 0.3 is 0 Å². The van der Waals surface area contributed by atoms with Crippen LogP contribution in [0.4, 0.5) is 5.69 Å². The zero-order valence-electron chi connectivity index (χ0n) is 12.9. The number of anilines is 1. The van der Waals surface area contributed by atoms with E-state index in [0.29, 0.717) is 18.4 Å². The third-order valence-corrected chi connectivity index (χ3v) is 3.68. The van der Waals surface area contributed by atoms with Crippen LogP contribution in [-0.4, -0.2) is 15.5 Å². The van der Waals surface area contributed by atoms with Crippen LogP contribution in [0.15, 0.2) is 41.7 Å². The smallest absolute Gasteiger partial charge is 0.193 e. The monoisotopic (exact) mass is 285 g/mol. The lowest BCUT2D eigenvalue weighted by Crippen LogP contribution is -2.22. The van der Waals surface area contributed by atoms with Crippen LogP contribution < -0.4 is 11.1 Å². The van der Waals surface area contributed by atoms with Crippen molar-refractivity contribution < 1.29 is 0 Å². The molecule has 1 aromatic heterocycles. The second-order valence-corrected chi connectivity index (χ2v) is 5.21. The number of nitrogens with two attached hydrogens (primary N) is 1. The second kappa shape index (κ2) is 6.92. The Kier molecular flexibility index (Phi) is 4.98. The van der Waals surface area contributed by atoms with E-state index < -0.39 is 0 Å². The molecule has 0 fully saturated rings. The van der Waals surface area contributed by atoms with Crippen LogP contribution in [0, 0.1) is 0 Å². The molecule has 0 aliphatic rings. The fraction of sp³-hybridized carbons (Fsp3) is 0.375. The molecule has 0 saturated carbocycles. The van der Waals surface area contributed by atoms with Gasteiger partial charge in [0.05, 0.1) is 0 Å². The summed E-state index contributed by atoms with van der Waals surface area (Å²) in [6.45, 7) is 4.89. The Bertz CT molecular complexity index is 597. The van der Waals surface area contributed by atoms with Crippen LogP contribution in [0.1, 0.15) is 37.6 Å². The SMILES string of the molecule is CCC(C)c1ccc(NC(N)=NCc2nccn2C)cc1. The Labute approximate surface area is 125 Å². The second-order valence-electron chi connectivity index (χ2n) is 5.21. The van der Waals surface area contributed by atoms with E-state index >= 15 is 0 Å². The molecule has 0 saturated heterocycles. The maximum absolute atomic E-state index is 5.90. The molecule has 2 aromatic rings. The van der Waals surface area contributed by atoms with E-state index in [1.54, 1.807) is 6.20 Å². The van der Waals surface area contributed by atoms with Crippen molar-refractivity contribution in [3.63, 3.8) is 0 Å². The van der Waals surface area contributed by atoms with Crippen molar-refractivity contribution in [1.82, 2.24) is 9.55 Å². The summed E-state index contributed by atoms with van der Waals surface area (Å²) in [6, 6.07) is 8.32. The third kappa shape index (κ3) is 4.08. The topological polar surface area (TPSA) is 68.2 Å². The molecule has 0 aliphatic carbocycles. The van der Waals surface area contributed by atoms with Gasteiger partial charge in [-0.3, -0.25) is 0 Å². The maximum atomic E-state index is 5.90. The molecule has 0 bridgehead atoms. The molecule has 1 heterocycles. The van der Waals surface area contributed by atoms with Gasteiger partial charge in [0.2, 0.25) is 0 Å². The number of aryl methyl sites for hydroxylation is 1. The van der Waals surface area contributed by atoms with Gasteiger partial charge in [-0.05, 0) is 30.0 Å². The summed E-state index contributed by atoms with van der Waals surface area (Å²) in [7, 11) is 1.94. The third-order valence-electron chi connectivity index (χ3n) is 3.68. The van der Waals surface area contributed by atoms with E-state index in [9.17, 15) is 0 Å². The summed E-state index contributed by atoms with van der Waals surface area (Å²) in [6.07, 6.45) is 4.78. The average molecular weight is 285 g/mol. The van der Waals surface area contributed by atoms with Gasteiger partial charge in [-0.1, -0.05) is 26.0 Å². The molecule has 5 heteroatoms. The van der Waals surface area contributed by atoms with E-state index in [1.807, 2.05) is 29.9 Å². The lowest BCUT2D eigenvalue weighted by atomic mass is 9.99. The lowest BCUT2D eigenvalue weighted by Gasteiger charge is -2.10. The fourth-order valence-corrected chi connectivity index (χ4v) is 2.02. The van der Waals surface area contributed by atoms with Gasteiger partial charge in [0.25, 0.3) is 0 Å². The van der Waals surface area contributed by atoms with Gasteiger partial charge in [-0.15, -0.1) is 0 Å². The van der Waals surface area contributed by atoms with Gasteiger partial charge in [0.15, 0.2) is 5.96 Å². The highest BCUT2D eigenvalue weighted by molar-refractivity contribution is 5.92. The first-order chi connectivity index (χ1) is 10.1. The van der Waals surface area contributed by atoms with Gasteiger partial charge < -0.3 is 15.6 Å². The van der Waals surface area contributed by atoms with E-state index in [1.165, 1.54) is 5.56 Å². The number of rotatable bonds is 5. The molecule has 21 heavy (non-hydrogen) atoms. The molecular weight excluding hydrogens is 262 g/mol. The maximum Gasteiger partial charge on any atom is 0.193 e. The van der Waals surface area contributed by atoms with E-state index in [0.717, 1.165) is 17.9 Å². The van der Waals surface area contributed by atoms with E-state index in [-0.39, 0.29) is 0 Å². The summed E-state index contributed by atoms with van der Waals surface area (Å²) in [5, 5.41) is 3.10. The molecule has 0 amide bonds. The van der Waals surface area contributed by atoms with Crippen molar-refractivity contribution in [3.05, 3.63) is 48.0 Å². The number of guanidine groups is 1. The average Bonchev–Trinajstić information content (AvgIpc) is 2.90. The Morgan fingerprint density at radius 2 is 2.10 bits per heavy atom. The van der Waals surface area contributed by atoms with Gasteiger partial charge in [0.1, 0.15) is 12.4 Å². The Hall–Kier alpha value is -2.30. The Morgan fingerprint density at radius 3 is 2.67 bits per heavy atom. The van der Waals surface area contributed by atoms with Crippen molar-refractivity contribution in [2.24, 2.45) is 17.8 Å². The molecule has 112 valence electrons. The Balaban J connectivity index is 1.96. The molecule has 5 nitrogen and oxygen atoms in total. The van der Waals surface area contributed by atoms with Gasteiger partial charge in [-0.25, -0.2) is 9.98 Å². The highest BCUT2D eigenvalue weighted by atomic mass is 15.1. The van der Waals surface area contributed by atoms with E-state index in [2.05, 4.69) is 41.3 Å². The minimum atomic E-state index is 0.397.